The van der Waals surface area contributed by atoms with Crippen LogP contribution in [0.25, 0.3) is 0 Å². The molecule has 0 aromatic heterocycles. The van der Waals surface area contributed by atoms with E-state index in [0.29, 0.717) is 0 Å². The molecule has 0 saturated heterocycles. The monoisotopic (exact) mass is 374 g/mol. The molecule has 34 valence electrons. The average Bonchev–Trinajstić information content (AvgIpc) is 0. The van der Waals surface area contributed by atoms with Crippen molar-refractivity contribution in [3.8, 4) is 0 Å². The van der Waals surface area contributed by atoms with E-state index in [9.17, 15) is 0 Å². The van der Waals surface area contributed by atoms with E-state index in [2.05, 4.69) is 0 Å². The molecule has 3 nitrogen and oxygen atoms in total. The molecule has 0 aromatic carbocycles. The summed E-state index contributed by atoms with van der Waals surface area (Å²) in [5, 5.41) is 0. The van der Waals surface area contributed by atoms with Gasteiger partial charge in [-0.05, 0) is 0 Å². The molecule has 0 unspecified atom stereocenters. The summed E-state index contributed by atoms with van der Waals surface area (Å²) >= 11 is 0. The predicted molar refractivity (Wildman–Crippen MR) is 10.8 cm³/mol. The summed E-state index contributed by atoms with van der Waals surface area (Å²) in [4.78, 5) is 0. The van der Waals surface area contributed by atoms with Crippen LogP contribution in [0, 0.1) is 0 Å². The van der Waals surface area contributed by atoms with Gasteiger partial charge in [-0.1, -0.05) is 0 Å². The van der Waals surface area contributed by atoms with Crippen LogP contribution in [0.3, 0.4) is 0 Å². The van der Waals surface area contributed by atoms with Gasteiger partial charge in [0, 0.05) is 97.4 Å². The Morgan fingerprint density at radius 1 is 0.250 bits per heavy atom. The maximum atomic E-state index is 0. The minimum Gasteiger partial charge on any atom is -0.412 e. The summed E-state index contributed by atoms with van der Waals surface area (Å²) in [5.41, 5.74) is 0. The molecule has 0 bridgehead atoms. The van der Waals surface area contributed by atoms with Gasteiger partial charge in [0.05, 0.1) is 0 Å². The molecule has 0 aromatic rings. The molecule has 8 heavy (non-hydrogen) atoms. The van der Waals surface area contributed by atoms with Crippen LogP contribution in [-0.2, 0) is 97.4 Å². The van der Waals surface area contributed by atoms with Crippen LogP contribution in [0.4, 0.5) is 0 Å². The molecule has 0 saturated carbocycles. The molecular formula is H6O3Zn5. The summed E-state index contributed by atoms with van der Waals surface area (Å²) in [6.45, 7) is 0. The van der Waals surface area contributed by atoms with Gasteiger partial charge in [0.1, 0.15) is 0 Å². The Morgan fingerprint density at radius 2 is 0.250 bits per heavy atom. The van der Waals surface area contributed by atoms with Crippen molar-refractivity contribution in [1.29, 1.82) is 0 Å². The molecule has 0 aliphatic rings. The summed E-state index contributed by atoms with van der Waals surface area (Å²) in [6, 6.07) is 0. The number of rotatable bonds is 0. The van der Waals surface area contributed by atoms with E-state index < -0.39 is 0 Å². The first-order chi connectivity index (χ1) is 0. The van der Waals surface area contributed by atoms with Gasteiger partial charge in [-0.15, -0.1) is 0 Å². The van der Waals surface area contributed by atoms with Gasteiger partial charge >= 0.3 is 0 Å². The van der Waals surface area contributed by atoms with Crippen molar-refractivity contribution in [2.45, 2.75) is 0 Å². The van der Waals surface area contributed by atoms with E-state index in [1.54, 1.807) is 0 Å². The maximum absolute atomic E-state index is 0. The van der Waals surface area contributed by atoms with Crippen molar-refractivity contribution in [2.75, 3.05) is 0 Å². The van der Waals surface area contributed by atoms with Crippen LogP contribution in [0.15, 0.2) is 0 Å². The van der Waals surface area contributed by atoms with E-state index in [-0.39, 0.29) is 114 Å². The first-order valence-corrected chi connectivity index (χ1v) is 0. The quantitative estimate of drug-likeness (QED) is 0.416. The Morgan fingerprint density at radius 3 is 0.250 bits per heavy atom. The summed E-state index contributed by atoms with van der Waals surface area (Å²) in [6.07, 6.45) is 0. The largest absolute Gasteiger partial charge is 0.412 e. The standard InChI is InChI=1S/3H2O.5Zn/h3*1H2;;;;;. The average molecular weight is 381 g/mol. The van der Waals surface area contributed by atoms with E-state index >= 15 is 0 Å². The molecule has 0 rings (SSSR count). The smallest absolute Gasteiger partial charge is 0 e. The van der Waals surface area contributed by atoms with Gasteiger partial charge in [-0.2, -0.15) is 0 Å². The molecule has 8 heteroatoms. The normalized spacial score (nSPS) is 0. The fourth-order valence-corrected chi connectivity index (χ4v) is 0. The molecule has 0 fully saturated rings. The number of hydrogen-bond donors (Lipinski definition) is 0. The van der Waals surface area contributed by atoms with Crippen LogP contribution < -0.4 is 0 Å². The van der Waals surface area contributed by atoms with Crippen LogP contribution in [0.2, 0.25) is 0 Å². The second-order valence-corrected chi connectivity index (χ2v) is 0. The third-order valence-electron chi connectivity index (χ3n) is 0. The van der Waals surface area contributed by atoms with Crippen molar-refractivity contribution in [1.82, 2.24) is 0 Å². The Labute approximate surface area is 112 Å². The molecule has 0 aliphatic heterocycles. The topological polar surface area (TPSA) is 94.5 Å². The van der Waals surface area contributed by atoms with Crippen molar-refractivity contribution >= 4 is 0 Å². The fraction of sp³-hybridized carbons (Fsp3) is 0. The van der Waals surface area contributed by atoms with E-state index in [4.69, 9.17) is 0 Å². The first kappa shape index (κ1) is 122. The van der Waals surface area contributed by atoms with Crippen molar-refractivity contribution in [3.63, 3.8) is 0 Å². The summed E-state index contributed by atoms with van der Waals surface area (Å²) in [7, 11) is 0. The maximum Gasteiger partial charge on any atom is 0 e. The Kier molecular flexibility index (Phi) is 1380. The summed E-state index contributed by atoms with van der Waals surface area (Å²) < 4.78 is 0. The van der Waals surface area contributed by atoms with E-state index in [1.165, 1.54) is 0 Å². The molecule has 0 atom stereocenters. The van der Waals surface area contributed by atoms with Crippen LogP contribution in [-0.4, -0.2) is 16.4 Å². The van der Waals surface area contributed by atoms with E-state index in [0.717, 1.165) is 0 Å². The molecule has 0 amide bonds. The SMILES string of the molecule is O.O.O.[Zn].[Zn].[Zn].[Zn].[Zn]. The molecule has 0 radical (unpaired) electrons. The zero-order chi connectivity index (χ0) is 0. The molecular weight excluding hydrogens is 375 g/mol. The minimum absolute atomic E-state index is 0. The number of hydrogen-bond acceptors (Lipinski definition) is 0. The summed E-state index contributed by atoms with van der Waals surface area (Å²) in [5.74, 6) is 0. The molecule has 0 aliphatic carbocycles. The second kappa shape index (κ2) is 90.1. The Bertz CT molecular complexity index is 7.64. The van der Waals surface area contributed by atoms with Crippen molar-refractivity contribution in [2.24, 2.45) is 0 Å². The molecule has 6 N–H and O–H groups in total. The van der Waals surface area contributed by atoms with Crippen LogP contribution in [0.5, 0.6) is 0 Å². The Hall–Kier alpha value is 3.00. The first-order valence-electron chi connectivity index (χ1n) is 0. The van der Waals surface area contributed by atoms with Gasteiger partial charge < -0.3 is 16.4 Å². The van der Waals surface area contributed by atoms with Crippen LogP contribution >= 0.6 is 0 Å². The van der Waals surface area contributed by atoms with Gasteiger partial charge in [-0.3, -0.25) is 0 Å². The van der Waals surface area contributed by atoms with Crippen molar-refractivity contribution in [3.05, 3.63) is 0 Å². The second-order valence-electron chi connectivity index (χ2n) is 0. The Balaban J connectivity index is 0. The third kappa shape index (κ3) is 64.1. The minimum atomic E-state index is 0. The van der Waals surface area contributed by atoms with Gasteiger partial charge in [0.2, 0.25) is 0 Å². The predicted octanol–water partition coefficient (Wildman–Crippen LogP) is -2.49. The van der Waals surface area contributed by atoms with Crippen molar-refractivity contribution < 1.29 is 114 Å². The molecule has 0 heterocycles. The zero-order valence-electron chi connectivity index (χ0n) is 5.04. The van der Waals surface area contributed by atoms with Crippen LogP contribution in [0.1, 0.15) is 0 Å². The van der Waals surface area contributed by atoms with Gasteiger partial charge in [-0.25, -0.2) is 0 Å². The van der Waals surface area contributed by atoms with E-state index in [1.807, 2.05) is 0 Å². The van der Waals surface area contributed by atoms with Gasteiger partial charge in [0.15, 0.2) is 0 Å². The fourth-order valence-electron chi connectivity index (χ4n) is 0. The third-order valence-corrected chi connectivity index (χ3v) is 0. The molecule has 0 spiro atoms. The van der Waals surface area contributed by atoms with Gasteiger partial charge in [0.25, 0.3) is 0 Å². The zero-order valence-corrected chi connectivity index (χ0v) is 19.9.